The molecule has 132 valence electrons. The highest BCUT2D eigenvalue weighted by atomic mass is 16.5. The molecule has 0 aliphatic rings. The van der Waals surface area contributed by atoms with Gasteiger partial charge in [0.2, 0.25) is 0 Å². The van der Waals surface area contributed by atoms with Crippen molar-refractivity contribution in [3.8, 4) is 0 Å². The van der Waals surface area contributed by atoms with Crippen LogP contribution in [-0.4, -0.2) is 28.5 Å². The molecule has 6 heteroatoms. The number of carbonyl (C=O) groups excluding carboxylic acids is 2. The van der Waals surface area contributed by atoms with Crippen LogP contribution in [0.3, 0.4) is 0 Å². The van der Waals surface area contributed by atoms with E-state index in [1.165, 1.54) is 7.11 Å². The number of aryl methyl sites for hydroxylation is 1. The fraction of sp³-hybridized carbons (Fsp3) is 0.150. The van der Waals surface area contributed by atoms with Crippen LogP contribution < -0.4 is 5.32 Å². The monoisotopic (exact) mass is 349 g/mol. The number of methoxy groups -OCH3 is 1. The number of amides is 1. The van der Waals surface area contributed by atoms with Crippen LogP contribution in [0.5, 0.6) is 0 Å². The molecular formula is C20H19N3O3. The molecular weight excluding hydrogens is 330 g/mol. The van der Waals surface area contributed by atoms with Gasteiger partial charge in [-0.3, -0.25) is 4.79 Å². The Morgan fingerprint density at radius 1 is 1.12 bits per heavy atom. The highest BCUT2D eigenvalue weighted by Gasteiger charge is 2.09. The molecule has 2 aromatic carbocycles. The quantitative estimate of drug-likeness (QED) is 0.718. The fourth-order valence-corrected chi connectivity index (χ4v) is 2.57. The van der Waals surface area contributed by atoms with Gasteiger partial charge in [0.15, 0.2) is 0 Å². The summed E-state index contributed by atoms with van der Waals surface area (Å²) in [5.41, 5.74) is 2.54. The number of carbonyl (C=O) groups is 2. The summed E-state index contributed by atoms with van der Waals surface area (Å²) < 4.78 is 6.72. The number of nitrogens with zero attached hydrogens (tertiary/aromatic N) is 2. The largest absolute Gasteiger partial charge is 0.465 e. The lowest BCUT2D eigenvalue weighted by molar-refractivity contribution is 0.0600. The first kappa shape index (κ1) is 17.4. The molecule has 0 atom stereocenters. The number of anilines is 1. The molecule has 0 fully saturated rings. The number of rotatable bonds is 5. The molecule has 0 saturated heterocycles. The average Bonchev–Trinajstić information content (AvgIpc) is 3.06. The van der Waals surface area contributed by atoms with Crippen molar-refractivity contribution < 1.29 is 14.3 Å². The summed E-state index contributed by atoms with van der Waals surface area (Å²) in [6.45, 7) is 2.65. The molecule has 26 heavy (non-hydrogen) atoms. The molecule has 0 aliphatic heterocycles. The SMILES string of the molecule is COC(=O)c1cccc(NC(=O)c2ccc(Cn3ccnc3C)cc2)c1. The second-order valence-electron chi connectivity index (χ2n) is 5.83. The molecule has 0 aliphatic carbocycles. The Morgan fingerprint density at radius 3 is 2.54 bits per heavy atom. The Morgan fingerprint density at radius 2 is 1.88 bits per heavy atom. The van der Waals surface area contributed by atoms with Gasteiger partial charge in [-0.2, -0.15) is 0 Å². The number of nitrogens with one attached hydrogen (secondary N) is 1. The topological polar surface area (TPSA) is 73.2 Å². The second kappa shape index (κ2) is 7.65. The molecule has 1 aromatic heterocycles. The van der Waals surface area contributed by atoms with Gasteiger partial charge in [-0.15, -0.1) is 0 Å². The predicted octanol–water partition coefficient (Wildman–Crippen LogP) is 3.28. The summed E-state index contributed by atoms with van der Waals surface area (Å²) >= 11 is 0. The number of benzene rings is 2. The van der Waals surface area contributed by atoms with Crippen molar-refractivity contribution in [1.82, 2.24) is 9.55 Å². The zero-order valence-corrected chi connectivity index (χ0v) is 14.6. The lowest BCUT2D eigenvalue weighted by Crippen LogP contribution is -2.12. The number of imidazole rings is 1. The smallest absolute Gasteiger partial charge is 0.337 e. The van der Waals surface area contributed by atoms with Crippen LogP contribution in [0.15, 0.2) is 60.9 Å². The minimum absolute atomic E-state index is 0.239. The Bertz CT molecular complexity index is 929. The van der Waals surface area contributed by atoms with Gasteiger partial charge in [-0.25, -0.2) is 9.78 Å². The predicted molar refractivity (Wildman–Crippen MR) is 98.2 cm³/mol. The molecule has 1 heterocycles. The van der Waals surface area contributed by atoms with Gasteiger partial charge in [0.25, 0.3) is 5.91 Å². The molecule has 1 N–H and O–H groups in total. The van der Waals surface area contributed by atoms with E-state index in [0.29, 0.717) is 23.4 Å². The van der Waals surface area contributed by atoms with Crippen LogP contribution in [0.2, 0.25) is 0 Å². The second-order valence-corrected chi connectivity index (χ2v) is 5.83. The van der Waals surface area contributed by atoms with Gasteiger partial charge in [0.05, 0.1) is 12.7 Å². The number of esters is 1. The number of aromatic nitrogens is 2. The van der Waals surface area contributed by atoms with Crippen LogP contribution in [0.4, 0.5) is 5.69 Å². The third-order valence-electron chi connectivity index (χ3n) is 4.03. The Labute approximate surface area is 151 Å². The van der Waals surface area contributed by atoms with Crippen LogP contribution in [0, 0.1) is 6.92 Å². The van der Waals surface area contributed by atoms with Crippen molar-refractivity contribution in [2.24, 2.45) is 0 Å². The maximum absolute atomic E-state index is 12.4. The number of ether oxygens (including phenoxy) is 1. The summed E-state index contributed by atoms with van der Waals surface area (Å²) in [6, 6.07) is 14.0. The highest BCUT2D eigenvalue weighted by molar-refractivity contribution is 6.04. The van der Waals surface area contributed by atoms with Gasteiger partial charge >= 0.3 is 5.97 Å². The lowest BCUT2D eigenvalue weighted by Gasteiger charge is -2.08. The van der Waals surface area contributed by atoms with Gasteiger partial charge in [-0.1, -0.05) is 18.2 Å². The lowest BCUT2D eigenvalue weighted by atomic mass is 10.1. The average molecular weight is 349 g/mol. The molecule has 3 aromatic rings. The van der Waals surface area contributed by atoms with E-state index < -0.39 is 5.97 Å². The van der Waals surface area contributed by atoms with Crippen LogP contribution in [-0.2, 0) is 11.3 Å². The first-order valence-electron chi connectivity index (χ1n) is 8.13. The van der Waals surface area contributed by atoms with Crippen LogP contribution >= 0.6 is 0 Å². The third kappa shape index (κ3) is 3.97. The summed E-state index contributed by atoms with van der Waals surface area (Å²) in [5, 5.41) is 2.79. The van der Waals surface area contributed by atoms with Gasteiger partial charge in [0, 0.05) is 30.2 Å². The molecule has 0 saturated carbocycles. The maximum atomic E-state index is 12.4. The van der Waals surface area contributed by atoms with E-state index in [0.717, 1.165) is 11.4 Å². The zero-order valence-electron chi connectivity index (χ0n) is 14.6. The Balaban J connectivity index is 1.68. The normalized spacial score (nSPS) is 10.4. The fourth-order valence-electron chi connectivity index (χ4n) is 2.57. The molecule has 0 bridgehead atoms. The Hall–Kier alpha value is -3.41. The maximum Gasteiger partial charge on any atom is 0.337 e. The van der Waals surface area contributed by atoms with Crippen molar-refractivity contribution in [2.45, 2.75) is 13.5 Å². The minimum Gasteiger partial charge on any atom is -0.465 e. The van der Waals surface area contributed by atoms with Crippen molar-refractivity contribution in [3.05, 3.63) is 83.4 Å². The highest BCUT2D eigenvalue weighted by Crippen LogP contribution is 2.14. The summed E-state index contributed by atoms with van der Waals surface area (Å²) in [7, 11) is 1.32. The van der Waals surface area contributed by atoms with E-state index in [4.69, 9.17) is 0 Å². The van der Waals surface area contributed by atoms with Crippen molar-refractivity contribution in [1.29, 1.82) is 0 Å². The number of hydrogen-bond acceptors (Lipinski definition) is 4. The van der Waals surface area contributed by atoms with E-state index in [-0.39, 0.29) is 5.91 Å². The molecule has 1 amide bonds. The van der Waals surface area contributed by atoms with E-state index >= 15 is 0 Å². The molecule has 0 radical (unpaired) electrons. The molecule has 3 rings (SSSR count). The summed E-state index contributed by atoms with van der Waals surface area (Å²) in [6.07, 6.45) is 3.68. The molecule has 0 unspecified atom stereocenters. The standard InChI is InChI=1S/C20H19N3O3/c1-14-21-10-11-23(14)13-15-6-8-16(9-7-15)19(24)22-18-5-3-4-17(12-18)20(25)26-2/h3-12H,13H2,1-2H3,(H,22,24). The van der Waals surface area contributed by atoms with E-state index in [2.05, 4.69) is 15.0 Å². The van der Waals surface area contributed by atoms with E-state index in [9.17, 15) is 9.59 Å². The first-order chi connectivity index (χ1) is 12.6. The van der Waals surface area contributed by atoms with E-state index in [1.807, 2.05) is 29.8 Å². The van der Waals surface area contributed by atoms with Crippen molar-refractivity contribution in [3.63, 3.8) is 0 Å². The molecule has 0 spiro atoms. The van der Waals surface area contributed by atoms with Gasteiger partial charge in [-0.05, 0) is 42.8 Å². The van der Waals surface area contributed by atoms with Crippen LogP contribution in [0.1, 0.15) is 32.1 Å². The summed E-state index contributed by atoms with van der Waals surface area (Å²) in [4.78, 5) is 28.2. The number of hydrogen-bond donors (Lipinski definition) is 1. The summed E-state index contributed by atoms with van der Waals surface area (Å²) in [5.74, 6) is 0.259. The van der Waals surface area contributed by atoms with Gasteiger partial charge < -0.3 is 14.6 Å². The van der Waals surface area contributed by atoms with E-state index in [1.54, 1.807) is 42.6 Å². The van der Waals surface area contributed by atoms with Gasteiger partial charge in [0.1, 0.15) is 5.82 Å². The zero-order chi connectivity index (χ0) is 18.5. The first-order valence-corrected chi connectivity index (χ1v) is 8.13. The van der Waals surface area contributed by atoms with Crippen molar-refractivity contribution >= 4 is 17.6 Å². The Kier molecular flexibility index (Phi) is 5.12. The third-order valence-corrected chi connectivity index (χ3v) is 4.03. The molecule has 6 nitrogen and oxygen atoms in total. The van der Waals surface area contributed by atoms with Crippen molar-refractivity contribution in [2.75, 3.05) is 12.4 Å². The minimum atomic E-state index is -0.444. The van der Waals surface area contributed by atoms with Crippen LogP contribution in [0.25, 0.3) is 0 Å².